The van der Waals surface area contributed by atoms with E-state index in [4.69, 9.17) is 17.3 Å². The summed E-state index contributed by atoms with van der Waals surface area (Å²) < 4.78 is 14.3. The molecule has 0 radical (unpaired) electrons. The summed E-state index contributed by atoms with van der Waals surface area (Å²) in [5, 5.41) is 0.499. The van der Waals surface area contributed by atoms with Crippen molar-refractivity contribution in [2.45, 2.75) is 6.42 Å². The molecule has 33 heavy (non-hydrogen) atoms. The molecule has 7 heteroatoms. The minimum absolute atomic E-state index is 0.0245. The Balaban J connectivity index is 1.58. The Labute approximate surface area is 196 Å². The fourth-order valence-electron chi connectivity index (χ4n) is 4.65. The molecular formula is C26H23ClFN3O2. The second kappa shape index (κ2) is 8.19. The quantitative estimate of drug-likeness (QED) is 0.580. The van der Waals surface area contributed by atoms with Crippen molar-refractivity contribution in [3.8, 4) is 11.1 Å². The van der Waals surface area contributed by atoms with Crippen LogP contribution >= 0.6 is 11.6 Å². The van der Waals surface area contributed by atoms with Crippen molar-refractivity contribution in [2.24, 2.45) is 17.6 Å². The van der Waals surface area contributed by atoms with Crippen molar-refractivity contribution in [1.82, 2.24) is 0 Å². The number of primary amides is 1. The van der Waals surface area contributed by atoms with Gasteiger partial charge < -0.3 is 15.5 Å². The average Bonchev–Trinajstić information content (AvgIpc) is 3.43. The highest BCUT2D eigenvalue weighted by Gasteiger charge is 2.45. The maximum Gasteiger partial charge on any atom is 0.261 e. The molecule has 2 N–H and O–H groups in total. The van der Waals surface area contributed by atoms with Gasteiger partial charge in [-0.05, 0) is 66.3 Å². The van der Waals surface area contributed by atoms with Gasteiger partial charge in [0.15, 0.2) is 0 Å². The Morgan fingerprint density at radius 3 is 2.48 bits per heavy atom. The van der Waals surface area contributed by atoms with Crippen LogP contribution in [0.15, 0.2) is 60.7 Å². The molecule has 2 fully saturated rings. The van der Waals surface area contributed by atoms with Crippen LogP contribution in [0.3, 0.4) is 0 Å². The Morgan fingerprint density at radius 1 is 1.06 bits per heavy atom. The zero-order valence-electron chi connectivity index (χ0n) is 18.1. The van der Waals surface area contributed by atoms with Crippen molar-refractivity contribution in [3.63, 3.8) is 0 Å². The zero-order valence-corrected chi connectivity index (χ0v) is 18.8. The molecule has 5 nitrogen and oxygen atoms in total. The number of hydrogen-bond donors (Lipinski definition) is 1. The number of nitrogens with zero attached hydrogens (tertiary/aromatic N) is 2. The number of nitrogens with two attached hydrogens (primary N) is 1. The number of piperidine rings is 1. The highest BCUT2D eigenvalue weighted by atomic mass is 35.5. The van der Waals surface area contributed by atoms with Crippen molar-refractivity contribution < 1.29 is 14.0 Å². The molecule has 5 rings (SSSR count). The van der Waals surface area contributed by atoms with Gasteiger partial charge >= 0.3 is 0 Å². The summed E-state index contributed by atoms with van der Waals surface area (Å²) >= 11 is 6.46. The first-order valence-electron chi connectivity index (χ1n) is 10.8. The van der Waals surface area contributed by atoms with E-state index in [0.29, 0.717) is 33.7 Å². The molecule has 2 amide bonds. The van der Waals surface area contributed by atoms with E-state index >= 15 is 0 Å². The molecule has 1 aliphatic carbocycles. The summed E-state index contributed by atoms with van der Waals surface area (Å²) in [6.07, 6.45) is 1.24. The van der Waals surface area contributed by atoms with Crippen LogP contribution in [0.25, 0.3) is 11.1 Å². The predicted octanol–water partition coefficient (Wildman–Crippen LogP) is 4.98. The molecule has 1 heterocycles. The summed E-state index contributed by atoms with van der Waals surface area (Å²) in [6, 6.07) is 16.6. The first kappa shape index (κ1) is 21.5. The molecule has 2 unspecified atom stereocenters. The first-order chi connectivity index (χ1) is 15.8. The van der Waals surface area contributed by atoms with Crippen LogP contribution < -0.4 is 15.5 Å². The molecular weight excluding hydrogens is 441 g/mol. The molecule has 3 aromatic carbocycles. The van der Waals surface area contributed by atoms with Gasteiger partial charge in [-0.25, -0.2) is 4.39 Å². The summed E-state index contributed by atoms with van der Waals surface area (Å²) in [6.45, 7) is 1.83. The van der Waals surface area contributed by atoms with E-state index in [2.05, 4.69) is 4.90 Å². The predicted molar refractivity (Wildman–Crippen MR) is 128 cm³/mol. The zero-order chi connectivity index (χ0) is 23.3. The number of fused-ring (bicyclic) bond motifs is 1. The molecule has 2 aliphatic rings. The molecule has 1 saturated heterocycles. The monoisotopic (exact) mass is 463 g/mol. The van der Waals surface area contributed by atoms with E-state index in [9.17, 15) is 14.0 Å². The third kappa shape index (κ3) is 3.95. The lowest BCUT2D eigenvalue weighted by Gasteiger charge is -2.28. The number of anilines is 2. The fraction of sp³-hybridized carbons (Fsp3) is 0.231. The Kier molecular flexibility index (Phi) is 5.33. The molecule has 3 aromatic rings. The largest absolute Gasteiger partial charge is 0.369 e. The molecule has 0 aromatic heterocycles. The number of benzene rings is 3. The van der Waals surface area contributed by atoms with Crippen LogP contribution in [0.5, 0.6) is 0 Å². The fourth-order valence-corrected chi connectivity index (χ4v) is 4.87. The van der Waals surface area contributed by atoms with E-state index in [1.807, 2.05) is 18.2 Å². The first-order valence-corrected chi connectivity index (χ1v) is 11.2. The van der Waals surface area contributed by atoms with E-state index < -0.39 is 17.6 Å². The highest BCUT2D eigenvalue weighted by molar-refractivity contribution is 6.33. The Bertz CT molecular complexity index is 1270. The van der Waals surface area contributed by atoms with Gasteiger partial charge in [-0.1, -0.05) is 29.8 Å². The Hall–Kier alpha value is -3.38. The number of halogens is 2. The van der Waals surface area contributed by atoms with Crippen LogP contribution in [0.1, 0.15) is 27.1 Å². The van der Waals surface area contributed by atoms with Gasteiger partial charge in [-0.15, -0.1) is 0 Å². The SMILES string of the molecule is CN(C(=O)c1ccccc1F)c1ccc(-c2cc(C(N)=O)ccc2Cl)cc1N1CC2CC2C1. The lowest BCUT2D eigenvalue weighted by molar-refractivity contribution is 0.0985. The van der Waals surface area contributed by atoms with Crippen molar-refractivity contribution in [1.29, 1.82) is 0 Å². The lowest BCUT2D eigenvalue weighted by Crippen LogP contribution is -2.30. The number of carbonyl (C=O) groups excluding carboxylic acids is 2. The summed E-state index contributed by atoms with van der Waals surface area (Å²) in [4.78, 5) is 28.6. The Morgan fingerprint density at radius 2 is 1.79 bits per heavy atom. The van der Waals surface area contributed by atoms with Crippen LogP contribution in [0.2, 0.25) is 5.02 Å². The van der Waals surface area contributed by atoms with Gasteiger partial charge in [0.05, 0.1) is 16.9 Å². The smallest absolute Gasteiger partial charge is 0.261 e. The maximum atomic E-state index is 14.3. The molecule has 2 atom stereocenters. The normalized spacial score (nSPS) is 18.7. The van der Waals surface area contributed by atoms with E-state index in [1.54, 1.807) is 37.4 Å². The lowest BCUT2D eigenvalue weighted by atomic mass is 10.0. The standard InChI is InChI=1S/C26H23ClFN3O2/c1-30(26(33)19-4-2-3-5-22(19)28)23-9-7-15(12-24(23)31-13-17-10-18(17)14-31)20-11-16(25(29)32)6-8-21(20)27/h2-9,11-12,17-18H,10,13-14H2,1H3,(H2,29,32). The number of amides is 2. The second-order valence-corrected chi connectivity index (χ2v) is 9.17. The van der Waals surface area contributed by atoms with Crippen molar-refractivity contribution >= 4 is 34.8 Å². The molecule has 1 aliphatic heterocycles. The average molecular weight is 464 g/mol. The van der Waals surface area contributed by atoms with Crippen LogP contribution in [0, 0.1) is 17.7 Å². The molecule has 1 saturated carbocycles. The van der Waals surface area contributed by atoms with E-state index in [1.165, 1.54) is 23.5 Å². The summed E-state index contributed by atoms with van der Waals surface area (Å²) in [5.41, 5.74) is 8.93. The molecule has 0 spiro atoms. The van der Waals surface area contributed by atoms with Gasteiger partial charge in [-0.3, -0.25) is 9.59 Å². The minimum atomic E-state index is -0.551. The van der Waals surface area contributed by atoms with Crippen molar-refractivity contribution in [2.75, 3.05) is 29.9 Å². The topological polar surface area (TPSA) is 66.6 Å². The third-order valence-corrected chi connectivity index (χ3v) is 6.96. The number of carbonyl (C=O) groups is 2. The third-order valence-electron chi connectivity index (χ3n) is 6.63. The highest BCUT2D eigenvalue weighted by Crippen LogP contribution is 2.48. The van der Waals surface area contributed by atoms with Crippen LogP contribution in [-0.2, 0) is 0 Å². The summed E-state index contributed by atoms with van der Waals surface area (Å²) in [7, 11) is 1.66. The molecule has 168 valence electrons. The van der Waals surface area contributed by atoms with Gasteiger partial charge in [-0.2, -0.15) is 0 Å². The van der Waals surface area contributed by atoms with E-state index in [0.717, 1.165) is 24.3 Å². The number of hydrogen-bond acceptors (Lipinski definition) is 3. The maximum absolute atomic E-state index is 14.3. The van der Waals surface area contributed by atoms with Gasteiger partial charge in [0.2, 0.25) is 5.91 Å². The van der Waals surface area contributed by atoms with Gasteiger partial charge in [0.1, 0.15) is 5.82 Å². The van der Waals surface area contributed by atoms with Gasteiger partial charge in [0, 0.05) is 36.3 Å². The van der Waals surface area contributed by atoms with Crippen LogP contribution in [0.4, 0.5) is 15.8 Å². The molecule has 0 bridgehead atoms. The van der Waals surface area contributed by atoms with Crippen LogP contribution in [-0.4, -0.2) is 32.0 Å². The minimum Gasteiger partial charge on any atom is -0.369 e. The van der Waals surface area contributed by atoms with Crippen molar-refractivity contribution in [3.05, 3.63) is 82.6 Å². The summed E-state index contributed by atoms with van der Waals surface area (Å²) in [5.74, 6) is -0.142. The number of rotatable bonds is 5. The second-order valence-electron chi connectivity index (χ2n) is 8.77. The van der Waals surface area contributed by atoms with E-state index in [-0.39, 0.29) is 5.56 Å². The van der Waals surface area contributed by atoms with Gasteiger partial charge in [0.25, 0.3) is 5.91 Å².